The monoisotopic (exact) mass is 362 g/mol. The van der Waals surface area contributed by atoms with Gasteiger partial charge in [0.05, 0.1) is 13.0 Å². The fourth-order valence-electron chi connectivity index (χ4n) is 4.32. The molecule has 0 saturated carbocycles. The Labute approximate surface area is 160 Å². The van der Waals surface area contributed by atoms with Gasteiger partial charge in [-0.2, -0.15) is 0 Å². The van der Waals surface area contributed by atoms with Gasteiger partial charge in [0.15, 0.2) is 0 Å². The van der Waals surface area contributed by atoms with Gasteiger partial charge in [0.25, 0.3) is 0 Å². The molecule has 1 aliphatic rings. The summed E-state index contributed by atoms with van der Waals surface area (Å²) >= 11 is 0. The molecule has 0 aliphatic heterocycles. The van der Waals surface area contributed by atoms with E-state index >= 15 is 0 Å². The number of aromatic nitrogens is 1. The Morgan fingerprint density at radius 3 is 2.67 bits per heavy atom. The molecule has 0 bridgehead atoms. The number of likely N-dealkylation sites (N-methyl/N-ethyl adjacent to an activating group) is 1. The van der Waals surface area contributed by atoms with Crippen LogP contribution in [0.4, 0.5) is 0 Å². The third kappa shape index (κ3) is 3.09. The highest BCUT2D eigenvalue weighted by molar-refractivity contribution is 5.94. The molecule has 3 aromatic rings. The minimum atomic E-state index is -0.0737. The van der Waals surface area contributed by atoms with Gasteiger partial charge in [-0.3, -0.25) is 4.79 Å². The Hall–Kier alpha value is -2.75. The maximum atomic E-state index is 12.9. The number of hydrogen-bond acceptors (Lipinski definition) is 2. The average molecular weight is 362 g/mol. The number of carbonyl (C=O) groups excluding carboxylic acids is 1. The van der Waals surface area contributed by atoms with Gasteiger partial charge in [-0.15, -0.1) is 0 Å². The number of amides is 1. The van der Waals surface area contributed by atoms with Gasteiger partial charge >= 0.3 is 0 Å². The van der Waals surface area contributed by atoms with Gasteiger partial charge in [0, 0.05) is 37.2 Å². The normalized spacial score (nSPS) is 16.2. The number of hydrogen-bond donors (Lipinski definition) is 0. The molecule has 1 heterocycles. The summed E-state index contributed by atoms with van der Waals surface area (Å²) in [5, 5.41) is 1.15. The third-order valence-corrected chi connectivity index (χ3v) is 5.60. The van der Waals surface area contributed by atoms with Crippen LogP contribution in [0.1, 0.15) is 35.6 Å². The number of fused-ring (bicyclic) bond motifs is 3. The van der Waals surface area contributed by atoms with Gasteiger partial charge in [-0.25, -0.2) is 0 Å². The van der Waals surface area contributed by atoms with Gasteiger partial charge < -0.3 is 14.2 Å². The van der Waals surface area contributed by atoms with E-state index in [0.29, 0.717) is 0 Å². The second-order valence-corrected chi connectivity index (χ2v) is 7.49. The van der Waals surface area contributed by atoms with Crippen LogP contribution in [-0.2, 0) is 17.8 Å². The molecule has 0 N–H and O–H groups in total. The van der Waals surface area contributed by atoms with Crippen LogP contribution < -0.4 is 4.74 Å². The van der Waals surface area contributed by atoms with E-state index < -0.39 is 0 Å². The molecule has 0 radical (unpaired) electrons. The fraction of sp³-hybridized carbons (Fsp3) is 0.348. The summed E-state index contributed by atoms with van der Waals surface area (Å²) in [6.07, 6.45) is 2.96. The molecule has 0 saturated heterocycles. The van der Waals surface area contributed by atoms with Crippen molar-refractivity contribution in [2.45, 2.75) is 31.7 Å². The average Bonchev–Trinajstić information content (AvgIpc) is 3.01. The molecule has 140 valence electrons. The van der Waals surface area contributed by atoms with Crippen molar-refractivity contribution in [1.82, 2.24) is 9.47 Å². The number of benzene rings is 2. The zero-order chi connectivity index (χ0) is 19.0. The van der Waals surface area contributed by atoms with Crippen molar-refractivity contribution in [2.24, 2.45) is 0 Å². The van der Waals surface area contributed by atoms with Crippen molar-refractivity contribution in [2.75, 3.05) is 21.2 Å². The molecule has 1 aromatic heterocycles. The standard InChI is InChI=1S/C23H26N2O2/c1-24(2)23(26)18-10-7-11-21-22(18)19-14-17(27-3)12-13-20(19)25(21)15-16-8-5-4-6-9-16/h4-6,8-9,12-14,18H,7,10-11,15H2,1-3H3. The summed E-state index contributed by atoms with van der Waals surface area (Å²) < 4.78 is 7.88. The third-order valence-electron chi connectivity index (χ3n) is 5.60. The molecular weight excluding hydrogens is 336 g/mol. The number of ether oxygens (including phenoxy) is 1. The number of methoxy groups -OCH3 is 1. The zero-order valence-electron chi connectivity index (χ0n) is 16.2. The highest BCUT2D eigenvalue weighted by atomic mass is 16.5. The molecule has 1 amide bonds. The highest BCUT2D eigenvalue weighted by Gasteiger charge is 2.33. The lowest BCUT2D eigenvalue weighted by molar-refractivity contribution is -0.130. The number of rotatable bonds is 4. The SMILES string of the molecule is COc1ccc2c(c1)c1c(n2Cc2ccccc2)CCCC1C(=O)N(C)C. The van der Waals surface area contributed by atoms with Crippen molar-refractivity contribution in [3.05, 3.63) is 65.4 Å². The maximum Gasteiger partial charge on any atom is 0.229 e. The van der Waals surface area contributed by atoms with E-state index in [2.05, 4.69) is 41.0 Å². The topological polar surface area (TPSA) is 34.5 Å². The Bertz CT molecular complexity index is 973. The summed E-state index contributed by atoms with van der Waals surface area (Å²) in [6.45, 7) is 0.821. The summed E-state index contributed by atoms with van der Waals surface area (Å²) in [5.74, 6) is 0.955. The first-order valence-corrected chi connectivity index (χ1v) is 9.54. The molecule has 2 aromatic carbocycles. The van der Waals surface area contributed by atoms with Crippen LogP contribution in [0.25, 0.3) is 10.9 Å². The predicted molar refractivity (Wildman–Crippen MR) is 108 cm³/mol. The predicted octanol–water partition coefficient (Wildman–Crippen LogP) is 4.21. The Kier molecular flexibility index (Phi) is 4.65. The van der Waals surface area contributed by atoms with Crippen molar-refractivity contribution in [3.8, 4) is 5.75 Å². The first-order valence-electron chi connectivity index (χ1n) is 9.54. The second-order valence-electron chi connectivity index (χ2n) is 7.49. The minimum Gasteiger partial charge on any atom is -0.497 e. The first-order chi connectivity index (χ1) is 13.1. The van der Waals surface area contributed by atoms with Crippen LogP contribution in [0, 0.1) is 0 Å². The highest BCUT2D eigenvalue weighted by Crippen LogP contribution is 2.41. The fourth-order valence-corrected chi connectivity index (χ4v) is 4.32. The second kappa shape index (κ2) is 7.10. The molecule has 4 heteroatoms. The van der Waals surface area contributed by atoms with E-state index in [4.69, 9.17) is 4.74 Å². The Balaban J connectivity index is 1.92. The summed E-state index contributed by atoms with van der Waals surface area (Å²) in [5.41, 5.74) is 4.95. The molecule has 27 heavy (non-hydrogen) atoms. The van der Waals surface area contributed by atoms with Crippen LogP contribution >= 0.6 is 0 Å². The van der Waals surface area contributed by atoms with Crippen molar-refractivity contribution >= 4 is 16.8 Å². The maximum absolute atomic E-state index is 12.9. The summed E-state index contributed by atoms with van der Waals surface area (Å²) in [4.78, 5) is 14.6. The smallest absolute Gasteiger partial charge is 0.229 e. The van der Waals surface area contributed by atoms with Crippen molar-refractivity contribution in [3.63, 3.8) is 0 Å². The van der Waals surface area contributed by atoms with Crippen LogP contribution in [-0.4, -0.2) is 36.6 Å². The molecule has 4 nitrogen and oxygen atoms in total. The van der Waals surface area contributed by atoms with E-state index in [1.54, 1.807) is 12.0 Å². The molecular formula is C23H26N2O2. The van der Waals surface area contributed by atoms with Crippen molar-refractivity contribution in [1.29, 1.82) is 0 Å². The summed E-state index contributed by atoms with van der Waals surface area (Å²) in [7, 11) is 5.39. The largest absolute Gasteiger partial charge is 0.497 e. The van der Waals surface area contributed by atoms with E-state index in [1.807, 2.05) is 26.2 Å². The molecule has 1 atom stereocenters. The number of nitrogens with zero attached hydrogens (tertiary/aromatic N) is 2. The van der Waals surface area contributed by atoms with E-state index in [0.717, 1.165) is 36.9 Å². The number of carbonyl (C=O) groups is 1. The van der Waals surface area contributed by atoms with Crippen LogP contribution in [0.3, 0.4) is 0 Å². The Morgan fingerprint density at radius 2 is 1.96 bits per heavy atom. The molecule has 0 spiro atoms. The van der Waals surface area contributed by atoms with E-state index in [9.17, 15) is 4.79 Å². The zero-order valence-corrected chi connectivity index (χ0v) is 16.2. The van der Waals surface area contributed by atoms with Gasteiger partial charge in [0.2, 0.25) is 5.91 Å². The van der Waals surface area contributed by atoms with Crippen LogP contribution in [0.15, 0.2) is 48.5 Å². The first kappa shape index (κ1) is 17.7. The quantitative estimate of drug-likeness (QED) is 0.697. The van der Waals surface area contributed by atoms with Crippen LogP contribution in [0.5, 0.6) is 5.75 Å². The molecule has 1 unspecified atom stereocenters. The van der Waals surface area contributed by atoms with E-state index in [1.165, 1.54) is 22.3 Å². The van der Waals surface area contributed by atoms with Crippen LogP contribution in [0.2, 0.25) is 0 Å². The Morgan fingerprint density at radius 1 is 1.19 bits per heavy atom. The lowest BCUT2D eigenvalue weighted by Gasteiger charge is -2.26. The van der Waals surface area contributed by atoms with Crippen molar-refractivity contribution < 1.29 is 9.53 Å². The lowest BCUT2D eigenvalue weighted by atomic mass is 9.84. The molecule has 0 fully saturated rings. The minimum absolute atomic E-state index is 0.0737. The lowest BCUT2D eigenvalue weighted by Crippen LogP contribution is -2.30. The molecule has 4 rings (SSSR count). The van der Waals surface area contributed by atoms with Gasteiger partial charge in [-0.05, 0) is 48.6 Å². The van der Waals surface area contributed by atoms with E-state index in [-0.39, 0.29) is 11.8 Å². The van der Waals surface area contributed by atoms with Gasteiger partial charge in [-0.1, -0.05) is 30.3 Å². The van der Waals surface area contributed by atoms with Gasteiger partial charge in [0.1, 0.15) is 5.75 Å². The molecule has 1 aliphatic carbocycles. The summed E-state index contributed by atoms with van der Waals surface area (Å²) in [6, 6.07) is 16.8.